The van der Waals surface area contributed by atoms with Crippen LogP contribution in [-0.2, 0) is 6.54 Å². The highest BCUT2D eigenvalue weighted by Gasteiger charge is 2.27. The van der Waals surface area contributed by atoms with E-state index in [4.69, 9.17) is 16.9 Å². The van der Waals surface area contributed by atoms with E-state index in [-0.39, 0.29) is 0 Å². The zero-order valence-electron chi connectivity index (χ0n) is 14.7. The number of nitrogens with zero attached hydrogens (tertiary/aromatic N) is 5. The first kappa shape index (κ1) is 17.9. The lowest BCUT2D eigenvalue weighted by molar-refractivity contribution is 0.420. The van der Waals surface area contributed by atoms with E-state index in [0.29, 0.717) is 0 Å². The number of aromatic nitrogens is 3. The molecular weight excluding hydrogens is 380 g/mol. The minimum absolute atomic E-state index is 0.398. The molecule has 0 saturated carbocycles. The van der Waals surface area contributed by atoms with Gasteiger partial charge in [0.1, 0.15) is 23.9 Å². The normalized spacial score (nSPS) is 15.7. The van der Waals surface area contributed by atoms with Crippen LogP contribution in [0.1, 0.15) is 24.7 Å². The van der Waals surface area contributed by atoms with Crippen molar-refractivity contribution in [2.75, 3.05) is 7.11 Å². The molecule has 0 aliphatic carbocycles. The molecule has 0 radical (unpaired) electrons. The molecule has 1 atom stereocenters. The number of benzene rings is 1. The van der Waals surface area contributed by atoms with Crippen molar-refractivity contribution in [3.8, 4) is 18.1 Å². The third-order valence-corrected chi connectivity index (χ3v) is 6.30. The third-order valence-electron chi connectivity index (χ3n) is 4.17. The average Bonchev–Trinajstić information content (AvgIpc) is 3.28. The van der Waals surface area contributed by atoms with Crippen LogP contribution in [-0.4, -0.2) is 32.3 Å². The van der Waals surface area contributed by atoms with E-state index in [1.807, 2.05) is 27.1 Å². The molecule has 2 N–H and O–H groups in total. The van der Waals surface area contributed by atoms with E-state index in [1.165, 1.54) is 11.9 Å². The van der Waals surface area contributed by atoms with Gasteiger partial charge in [-0.3, -0.25) is 4.31 Å². The van der Waals surface area contributed by atoms with Crippen molar-refractivity contribution in [1.82, 2.24) is 18.8 Å². The van der Waals surface area contributed by atoms with Crippen LogP contribution < -0.4 is 10.5 Å². The van der Waals surface area contributed by atoms with Crippen LogP contribution in [0, 0.1) is 12.3 Å². The van der Waals surface area contributed by atoms with Gasteiger partial charge in [-0.2, -0.15) is 0 Å². The number of thiazole rings is 1. The molecule has 3 aromatic rings. The van der Waals surface area contributed by atoms with Gasteiger partial charge in [0.2, 0.25) is 0 Å². The van der Waals surface area contributed by atoms with Gasteiger partial charge in [0.05, 0.1) is 23.7 Å². The number of terminal acetylenes is 1. The first-order chi connectivity index (χ1) is 13.2. The summed E-state index contributed by atoms with van der Waals surface area (Å²) in [5.41, 5.74) is 8.07. The van der Waals surface area contributed by atoms with Gasteiger partial charge in [-0.15, -0.1) is 23.7 Å². The van der Waals surface area contributed by atoms with Crippen molar-refractivity contribution >= 4 is 45.7 Å². The minimum Gasteiger partial charge on any atom is -0.495 e. The lowest BCUT2D eigenvalue weighted by Crippen LogP contribution is -2.30. The van der Waals surface area contributed by atoms with E-state index >= 15 is 0 Å². The minimum atomic E-state index is -0.398. The zero-order chi connectivity index (χ0) is 18.8. The number of hydrogen-bond donors (Lipinski definition) is 1. The second-order valence-corrected chi connectivity index (χ2v) is 8.13. The van der Waals surface area contributed by atoms with Crippen molar-refractivity contribution < 1.29 is 4.74 Å². The van der Waals surface area contributed by atoms with Crippen LogP contribution in [0.3, 0.4) is 0 Å². The van der Waals surface area contributed by atoms with Crippen LogP contribution >= 0.6 is 23.3 Å². The number of ether oxygens (including phenoxy) is 1. The van der Waals surface area contributed by atoms with Crippen LogP contribution in [0.25, 0.3) is 10.2 Å². The Labute approximate surface area is 165 Å². The van der Waals surface area contributed by atoms with Crippen LogP contribution in [0.15, 0.2) is 33.9 Å². The van der Waals surface area contributed by atoms with Crippen LogP contribution in [0.5, 0.6) is 5.75 Å². The van der Waals surface area contributed by atoms with Gasteiger partial charge < -0.3 is 15.0 Å². The average molecular weight is 399 g/mol. The van der Waals surface area contributed by atoms with Crippen LogP contribution in [0.4, 0.5) is 5.82 Å². The standard InChI is InChI=1S/C18H18N6OS2/c1-3-4-5-9-23-10-20-14-16(19)24(11-21-17(14)23)27-18-22-12-7-6-8-13(25-2)15(12)26-18/h1,6-8,10-11,16H,4-5,9,19H2,2H3. The van der Waals surface area contributed by atoms with E-state index < -0.39 is 6.17 Å². The molecule has 0 bridgehead atoms. The first-order valence-electron chi connectivity index (χ1n) is 8.39. The number of imidazole rings is 1. The summed E-state index contributed by atoms with van der Waals surface area (Å²) in [6.45, 7) is 0.779. The summed E-state index contributed by atoms with van der Waals surface area (Å²) in [6.07, 6.45) is 10.0. The molecule has 0 amide bonds. The molecule has 2 aromatic heterocycles. The van der Waals surface area contributed by atoms with Gasteiger partial charge in [0.15, 0.2) is 10.2 Å². The topological polar surface area (TPSA) is 81.6 Å². The predicted molar refractivity (Wildman–Crippen MR) is 109 cm³/mol. The Balaban J connectivity index is 1.54. The summed E-state index contributed by atoms with van der Waals surface area (Å²) in [7, 11) is 1.66. The monoisotopic (exact) mass is 398 g/mol. The highest BCUT2D eigenvalue weighted by Crippen LogP contribution is 2.40. The van der Waals surface area contributed by atoms with Gasteiger partial charge in [-0.1, -0.05) is 6.07 Å². The molecule has 27 heavy (non-hydrogen) atoms. The Bertz CT molecular complexity index is 1030. The fourth-order valence-corrected chi connectivity index (χ4v) is 4.91. The molecule has 1 aliphatic rings. The van der Waals surface area contributed by atoms with Gasteiger partial charge in [0, 0.05) is 24.9 Å². The highest BCUT2D eigenvalue weighted by molar-refractivity contribution is 7.99. The molecular formula is C18H18N6OS2. The number of aliphatic imine (C=N–C) groups is 1. The SMILES string of the molecule is C#CCCCn1cnc2c1N=CN(Sc1nc3cccc(OC)c3s1)C2N. The number of unbranched alkanes of at least 4 members (excludes halogenated alkanes) is 1. The van der Waals surface area contributed by atoms with E-state index in [9.17, 15) is 0 Å². The van der Waals surface area contributed by atoms with E-state index in [0.717, 1.165) is 51.2 Å². The molecule has 4 rings (SSSR count). The van der Waals surface area contributed by atoms with Crippen molar-refractivity contribution in [1.29, 1.82) is 0 Å². The smallest absolute Gasteiger partial charge is 0.172 e. The summed E-state index contributed by atoms with van der Waals surface area (Å²) in [5, 5.41) is 0. The maximum Gasteiger partial charge on any atom is 0.172 e. The molecule has 9 heteroatoms. The highest BCUT2D eigenvalue weighted by atomic mass is 32.2. The van der Waals surface area contributed by atoms with Crippen molar-refractivity contribution in [2.45, 2.75) is 29.9 Å². The summed E-state index contributed by atoms with van der Waals surface area (Å²) in [5.74, 6) is 4.26. The summed E-state index contributed by atoms with van der Waals surface area (Å²) >= 11 is 3.01. The maximum atomic E-state index is 6.41. The van der Waals surface area contributed by atoms with E-state index in [2.05, 4.69) is 20.9 Å². The summed E-state index contributed by atoms with van der Waals surface area (Å²) in [6, 6.07) is 5.84. The predicted octanol–water partition coefficient (Wildman–Crippen LogP) is 3.55. The fraction of sp³-hybridized carbons (Fsp3) is 0.278. The van der Waals surface area contributed by atoms with Crippen molar-refractivity contribution in [3.05, 3.63) is 30.2 Å². The Morgan fingerprint density at radius 1 is 1.44 bits per heavy atom. The zero-order valence-corrected chi connectivity index (χ0v) is 16.3. The Kier molecular flexibility index (Phi) is 5.03. The maximum absolute atomic E-state index is 6.41. The first-order valence-corrected chi connectivity index (χ1v) is 9.98. The second kappa shape index (κ2) is 7.60. The number of nitrogens with two attached hydrogens (primary N) is 1. The number of rotatable bonds is 6. The number of methoxy groups -OCH3 is 1. The van der Waals surface area contributed by atoms with E-state index in [1.54, 1.807) is 31.1 Å². The van der Waals surface area contributed by atoms with Crippen molar-refractivity contribution in [2.24, 2.45) is 10.7 Å². The molecule has 7 nitrogen and oxygen atoms in total. The quantitative estimate of drug-likeness (QED) is 0.388. The molecule has 1 aliphatic heterocycles. The van der Waals surface area contributed by atoms with Gasteiger partial charge in [-0.25, -0.2) is 15.0 Å². The van der Waals surface area contributed by atoms with Gasteiger partial charge >= 0.3 is 0 Å². The van der Waals surface area contributed by atoms with Gasteiger partial charge in [-0.05, 0) is 18.6 Å². The number of hydrogen-bond acceptors (Lipinski definition) is 8. The lowest BCUT2D eigenvalue weighted by atomic mass is 10.3. The molecule has 3 heterocycles. The third kappa shape index (κ3) is 3.39. The Morgan fingerprint density at radius 2 is 2.33 bits per heavy atom. The summed E-state index contributed by atoms with van der Waals surface area (Å²) < 4.78 is 11.2. The molecule has 138 valence electrons. The van der Waals surface area contributed by atoms with Crippen molar-refractivity contribution in [3.63, 3.8) is 0 Å². The molecule has 0 saturated heterocycles. The molecule has 1 unspecified atom stereocenters. The Hall–Kier alpha value is -2.54. The molecule has 1 aromatic carbocycles. The number of aryl methyl sites for hydroxylation is 1. The lowest BCUT2D eigenvalue weighted by Gasteiger charge is -2.26. The summed E-state index contributed by atoms with van der Waals surface area (Å²) in [4.78, 5) is 13.7. The fourth-order valence-electron chi connectivity index (χ4n) is 2.83. The Morgan fingerprint density at radius 3 is 3.15 bits per heavy atom. The van der Waals surface area contributed by atoms with Crippen LogP contribution in [0.2, 0.25) is 0 Å². The molecule has 0 spiro atoms. The molecule has 0 fully saturated rings. The largest absolute Gasteiger partial charge is 0.495 e. The second-order valence-electron chi connectivity index (χ2n) is 5.88. The number of fused-ring (bicyclic) bond motifs is 2. The van der Waals surface area contributed by atoms with Gasteiger partial charge in [0.25, 0.3) is 0 Å².